The number of benzene rings is 1. The number of likely N-dealkylation sites (N-methyl/N-ethyl adjacent to an activating group) is 1. The smallest absolute Gasteiger partial charge is 0.265 e. The SMILES string of the molecule is CC1CCC(N(C)C(=O)C2CNc3ccccc3O2)CC1. The summed E-state index contributed by atoms with van der Waals surface area (Å²) in [5.74, 6) is 1.66. The number of rotatable bonds is 2. The van der Waals surface area contributed by atoms with Crippen molar-refractivity contribution < 1.29 is 9.53 Å². The maximum Gasteiger partial charge on any atom is 0.265 e. The second-order valence-corrected chi connectivity index (χ2v) is 6.35. The Labute approximate surface area is 126 Å². The van der Waals surface area contributed by atoms with Crippen molar-refractivity contribution in [3.05, 3.63) is 24.3 Å². The zero-order valence-electron chi connectivity index (χ0n) is 12.8. The number of hydrogen-bond donors (Lipinski definition) is 1. The van der Waals surface area contributed by atoms with Gasteiger partial charge in [0.25, 0.3) is 5.91 Å². The normalized spacial score (nSPS) is 28.0. The van der Waals surface area contributed by atoms with Gasteiger partial charge in [-0.25, -0.2) is 0 Å². The van der Waals surface area contributed by atoms with Crippen molar-refractivity contribution >= 4 is 11.6 Å². The van der Waals surface area contributed by atoms with E-state index in [0.717, 1.165) is 30.2 Å². The average molecular weight is 288 g/mol. The van der Waals surface area contributed by atoms with Gasteiger partial charge in [0.15, 0.2) is 6.10 Å². The molecule has 0 radical (unpaired) electrons. The van der Waals surface area contributed by atoms with Crippen molar-refractivity contribution in [3.8, 4) is 5.75 Å². The maximum absolute atomic E-state index is 12.6. The molecule has 0 saturated heterocycles. The Balaban J connectivity index is 1.63. The van der Waals surface area contributed by atoms with Crippen LogP contribution in [-0.2, 0) is 4.79 Å². The van der Waals surface area contributed by atoms with E-state index in [1.807, 2.05) is 36.2 Å². The molecule has 0 aromatic heterocycles. The fraction of sp³-hybridized carbons (Fsp3) is 0.588. The van der Waals surface area contributed by atoms with Crippen molar-refractivity contribution in [3.63, 3.8) is 0 Å². The highest BCUT2D eigenvalue weighted by atomic mass is 16.5. The molecule has 1 atom stereocenters. The number of nitrogens with one attached hydrogen (secondary N) is 1. The molecule has 1 amide bonds. The molecule has 114 valence electrons. The molecule has 0 bridgehead atoms. The summed E-state index contributed by atoms with van der Waals surface area (Å²) in [4.78, 5) is 14.6. The van der Waals surface area contributed by atoms with Gasteiger partial charge in [-0.15, -0.1) is 0 Å². The number of carbonyl (C=O) groups excluding carboxylic acids is 1. The number of nitrogens with zero attached hydrogens (tertiary/aromatic N) is 1. The summed E-state index contributed by atoms with van der Waals surface area (Å²) in [7, 11) is 1.92. The molecule has 1 aliphatic carbocycles. The van der Waals surface area contributed by atoms with Crippen molar-refractivity contribution in [1.29, 1.82) is 0 Å². The lowest BCUT2D eigenvalue weighted by Gasteiger charge is -2.36. The van der Waals surface area contributed by atoms with Crippen LogP contribution >= 0.6 is 0 Å². The summed E-state index contributed by atoms with van der Waals surface area (Å²) in [5.41, 5.74) is 0.968. The molecular formula is C17H24N2O2. The third-order valence-electron chi connectivity index (χ3n) is 4.79. The Morgan fingerprint density at radius 1 is 1.24 bits per heavy atom. The lowest BCUT2D eigenvalue weighted by atomic mass is 9.86. The molecule has 1 N–H and O–H groups in total. The lowest BCUT2D eigenvalue weighted by molar-refractivity contribution is -0.139. The topological polar surface area (TPSA) is 41.6 Å². The number of para-hydroxylation sites is 2. The first-order chi connectivity index (χ1) is 10.1. The van der Waals surface area contributed by atoms with E-state index in [9.17, 15) is 4.79 Å². The fourth-order valence-electron chi connectivity index (χ4n) is 3.29. The van der Waals surface area contributed by atoms with E-state index >= 15 is 0 Å². The second-order valence-electron chi connectivity index (χ2n) is 6.35. The predicted molar refractivity (Wildman–Crippen MR) is 83.5 cm³/mol. The van der Waals surface area contributed by atoms with E-state index in [-0.39, 0.29) is 5.91 Å². The minimum atomic E-state index is -0.413. The van der Waals surface area contributed by atoms with E-state index in [1.54, 1.807) is 0 Å². The molecule has 1 heterocycles. The van der Waals surface area contributed by atoms with Crippen LogP contribution in [0.4, 0.5) is 5.69 Å². The minimum absolute atomic E-state index is 0.0940. The van der Waals surface area contributed by atoms with Gasteiger partial charge >= 0.3 is 0 Å². The summed E-state index contributed by atoms with van der Waals surface area (Å²) in [6, 6.07) is 8.15. The molecule has 3 rings (SSSR count). The number of carbonyl (C=O) groups is 1. The van der Waals surface area contributed by atoms with E-state index < -0.39 is 6.10 Å². The van der Waals surface area contributed by atoms with Gasteiger partial charge in [-0.3, -0.25) is 4.79 Å². The van der Waals surface area contributed by atoms with Crippen molar-refractivity contribution in [2.24, 2.45) is 5.92 Å². The lowest BCUT2D eigenvalue weighted by Crippen LogP contribution is -2.49. The molecule has 0 spiro atoms. The molecule has 1 aromatic carbocycles. The van der Waals surface area contributed by atoms with E-state index in [0.29, 0.717) is 12.6 Å². The second kappa shape index (κ2) is 5.96. The number of fused-ring (bicyclic) bond motifs is 1. The van der Waals surface area contributed by atoms with Crippen molar-refractivity contribution in [2.45, 2.75) is 44.8 Å². The van der Waals surface area contributed by atoms with Gasteiger partial charge < -0.3 is 15.0 Å². The molecule has 2 aliphatic rings. The summed E-state index contributed by atoms with van der Waals surface area (Å²) in [5, 5.41) is 3.29. The number of ether oxygens (including phenoxy) is 1. The summed E-state index contributed by atoms with van der Waals surface area (Å²) < 4.78 is 5.87. The van der Waals surface area contributed by atoms with Crippen LogP contribution in [0.2, 0.25) is 0 Å². The van der Waals surface area contributed by atoms with Crippen LogP contribution in [0.15, 0.2) is 24.3 Å². The number of amides is 1. The van der Waals surface area contributed by atoms with Gasteiger partial charge in [-0.05, 0) is 43.7 Å². The highest BCUT2D eigenvalue weighted by Gasteiger charge is 2.32. The average Bonchev–Trinajstić information content (AvgIpc) is 2.54. The number of anilines is 1. The van der Waals surface area contributed by atoms with Crippen LogP contribution in [0, 0.1) is 5.92 Å². The van der Waals surface area contributed by atoms with Crippen molar-refractivity contribution in [1.82, 2.24) is 4.90 Å². The largest absolute Gasteiger partial charge is 0.477 e. The van der Waals surface area contributed by atoms with Crippen LogP contribution in [0.3, 0.4) is 0 Å². The Kier molecular flexibility index (Phi) is 4.04. The third-order valence-corrected chi connectivity index (χ3v) is 4.79. The first-order valence-corrected chi connectivity index (χ1v) is 7.91. The standard InChI is InChI=1S/C17H24N2O2/c1-12-7-9-13(10-8-12)19(2)17(20)16-11-18-14-5-3-4-6-15(14)21-16/h3-6,12-13,16,18H,7-11H2,1-2H3. The molecule has 1 fully saturated rings. The van der Waals surface area contributed by atoms with Gasteiger partial charge in [0, 0.05) is 13.1 Å². The quantitative estimate of drug-likeness (QED) is 0.910. The molecule has 21 heavy (non-hydrogen) atoms. The van der Waals surface area contributed by atoms with Crippen molar-refractivity contribution in [2.75, 3.05) is 18.9 Å². The van der Waals surface area contributed by atoms with Gasteiger partial charge in [-0.2, -0.15) is 0 Å². The molecule has 1 unspecified atom stereocenters. The first kappa shape index (κ1) is 14.2. The Bertz CT molecular complexity index is 509. The summed E-state index contributed by atoms with van der Waals surface area (Å²) >= 11 is 0. The zero-order chi connectivity index (χ0) is 14.8. The van der Waals surface area contributed by atoms with Crippen LogP contribution in [0.5, 0.6) is 5.75 Å². The zero-order valence-corrected chi connectivity index (χ0v) is 12.8. The molecule has 4 heteroatoms. The molecular weight excluding hydrogens is 264 g/mol. The molecule has 1 aliphatic heterocycles. The van der Waals surface area contributed by atoms with Crippen LogP contribution in [0.1, 0.15) is 32.6 Å². The van der Waals surface area contributed by atoms with E-state index in [2.05, 4.69) is 12.2 Å². The molecule has 4 nitrogen and oxygen atoms in total. The predicted octanol–water partition coefficient (Wildman–Crippen LogP) is 2.90. The fourth-order valence-corrected chi connectivity index (χ4v) is 3.29. The van der Waals surface area contributed by atoms with Crippen LogP contribution in [0.25, 0.3) is 0 Å². The van der Waals surface area contributed by atoms with Crippen LogP contribution in [-0.4, -0.2) is 36.5 Å². The first-order valence-electron chi connectivity index (χ1n) is 7.91. The van der Waals surface area contributed by atoms with Gasteiger partial charge in [0.2, 0.25) is 0 Å². The van der Waals surface area contributed by atoms with E-state index in [1.165, 1.54) is 12.8 Å². The highest BCUT2D eigenvalue weighted by Crippen LogP contribution is 2.30. The monoisotopic (exact) mass is 288 g/mol. The molecule has 1 aromatic rings. The minimum Gasteiger partial charge on any atom is -0.477 e. The van der Waals surface area contributed by atoms with Gasteiger partial charge in [-0.1, -0.05) is 19.1 Å². The van der Waals surface area contributed by atoms with Gasteiger partial charge in [0.05, 0.1) is 12.2 Å². The Hall–Kier alpha value is -1.71. The van der Waals surface area contributed by atoms with Gasteiger partial charge in [0.1, 0.15) is 5.75 Å². The third kappa shape index (κ3) is 2.99. The van der Waals surface area contributed by atoms with E-state index in [4.69, 9.17) is 4.74 Å². The highest BCUT2D eigenvalue weighted by molar-refractivity contribution is 5.83. The molecule has 1 saturated carbocycles. The van der Waals surface area contributed by atoms with Crippen LogP contribution < -0.4 is 10.1 Å². The summed E-state index contributed by atoms with van der Waals surface area (Å²) in [6.45, 7) is 2.84. The summed E-state index contributed by atoms with van der Waals surface area (Å²) in [6.07, 6.45) is 4.24. The Morgan fingerprint density at radius 3 is 2.71 bits per heavy atom. The maximum atomic E-state index is 12.6. The Morgan fingerprint density at radius 2 is 1.95 bits per heavy atom. The number of hydrogen-bond acceptors (Lipinski definition) is 3.